The summed E-state index contributed by atoms with van der Waals surface area (Å²) in [4.78, 5) is 32.9. The number of halogens is 3. The number of nitrogens with zero attached hydrogens (tertiary/aromatic N) is 2. The smallest absolute Gasteiger partial charge is 0.452 e. The van der Waals surface area contributed by atoms with Crippen LogP contribution in [-0.2, 0) is 24.0 Å². The van der Waals surface area contributed by atoms with E-state index in [-0.39, 0.29) is 18.6 Å². The maximum absolute atomic E-state index is 13.6. The van der Waals surface area contributed by atoms with Crippen LogP contribution in [0.2, 0.25) is 0 Å². The number of aliphatic carboxylic acids is 1. The zero-order valence-corrected chi connectivity index (χ0v) is 18.8. The molecule has 8 nitrogen and oxygen atoms in total. The highest BCUT2D eigenvalue weighted by Crippen LogP contribution is 2.35. The Hall–Kier alpha value is -4.25. The molecule has 0 saturated heterocycles. The molecule has 0 aliphatic carbocycles. The van der Waals surface area contributed by atoms with Crippen LogP contribution in [0.4, 0.5) is 13.2 Å². The van der Waals surface area contributed by atoms with Gasteiger partial charge in [-0.1, -0.05) is 36.4 Å². The molecular weight excluding hydrogens is 479 g/mol. The SMILES string of the molecule is Cc1cc(CO)c2cccc(C[C@H](NC(=O)c3nc(-c4ccccc4)oc3C(F)(F)F)C(=O)O)c2n1. The van der Waals surface area contributed by atoms with Crippen molar-refractivity contribution in [2.75, 3.05) is 0 Å². The summed E-state index contributed by atoms with van der Waals surface area (Å²) in [6.07, 6.45) is -5.31. The summed E-state index contributed by atoms with van der Waals surface area (Å²) in [5.41, 5.74) is 1.17. The molecule has 4 aromatic rings. The molecule has 0 aliphatic rings. The molecule has 36 heavy (non-hydrogen) atoms. The number of aliphatic hydroxyl groups excluding tert-OH is 1. The van der Waals surface area contributed by atoms with Gasteiger partial charge in [-0.2, -0.15) is 13.2 Å². The Balaban J connectivity index is 1.68. The Bertz CT molecular complexity index is 1430. The van der Waals surface area contributed by atoms with E-state index in [4.69, 9.17) is 4.42 Å². The number of nitrogens with one attached hydrogen (secondary N) is 1. The van der Waals surface area contributed by atoms with Crippen LogP contribution in [0, 0.1) is 6.92 Å². The number of oxazole rings is 1. The number of rotatable bonds is 7. The zero-order chi connectivity index (χ0) is 26.0. The van der Waals surface area contributed by atoms with Crippen molar-refractivity contribution in [3.63, 3.8) is 0 Å². The van der Waals surface area contributed by atoms with E-state index in [0.29, 0.717) is 27.7 Å². The summed E-state index contributed by atoms with van der Waals surface area (Å²) >= 11 is 0. The van der Waals surface area contributed by atoms with Crippen LogP contribution in [-0.4, -0.2) is 38.1 Å². The fourth-order valence-corrected chi connectivity index (χ4v) is 3.83. The van der Waals surface area contributed by atoms with E-state index in [1.54, 1.807) is 49.4 Å². The van der Waals surface area contributed by atoms with E-state index in [2.05, 4.69) is 15.3 Å². The Kier molecular flexibility index (Phi) is 6.75. The second-order valence-corrected chi connectivity index (χ2v) is 8.02. The minimum atomic E-state index is -5.04. The molecule has 0 spiro atoms. The molecule has 1 amide bonds. The summed E-state index contributed by atoms with van der Waals surface area (Å²) in [6, 6.07) is 12.7. The zero-order valence-electron chi connectivity index (χ0n) is 18.8. The molecule has 4 rings (SSSR count). The molecule has 0 saturated carbocycles. The van der Waals surface area contributed by atoms with Gasteiger partial charge in [0.1, 0.15) is 6.04 Å². The fraction of sp³-hybridized carbons (Fsp3) is 0.200. The Morgan fingerprint density at radius 2 is 1.78 bits per heavy atom. The van der Waals surface area contributed by atoms with Crippen molar-refractivity contribution in [3.8, 4) is 11.5 Å². The van der Waals surface area contributed by atoms with Gasteiger partial charge in [0.05, 0.1) is 12.1 Å². The molecule has 2 aromatic carbocycles. The van der Waals surface area contributed by atoms with Gasteiger partial charge in [0.15, 0.2) is 5.69 Å². The van der Waals surface area contributed by atoms with E-state index < -0.39 is 41.4 Å². The number of hydrogen-bond donors (Lipinski definition) is 3. The van der Waals surface area contributed by atoms with Crippen LogP contribution >= 0.6 is 0 Å². The van der Waals surface area contributed by atoms with Crippen LogP contribution in [0.3, 0.4) is 0 Å². The Morgan fingerprint density at radius 1 is 1.06 bits per heavy atom. The maximum Gasteiger partial charge on any atom is 0.452 e. The second kappa shape index (κ2) is 9.78. The number of aromatic nitrogens is 2. The summed E-state index contributed by atoms with van der Waals surface area (Å²) in [7, 11) is 0. The quantitative estimate of drug-likeness (QED) is 0.349. The maximum atomic E-state index is 13.6. The third-order valence-corrected chi connectivity index (χ3v) is 5.46. The van der Waals surface area contributed by atoms with E-state index in [1.165, 1.54) is 12.1 Å². The Morgan fingerprint density at radius 3 is 2.42 bits per heavy atom. The molecule has 0 unspecified atom stereocenters. The number of carbonyl (C=O) groups is 2. The van der Waals surface area contributed by atoms with Crippen LogP contribution in [0.15, 0.2) is 59.0 Å². The van der Waals surface area contributed by atoms with E-state index in [1.807, 2.05) is 0 Å². The third kappa shape index (κ3) is 5.05. The molecule has 2 heterocycles. The molecular formula is C25H20F3N3O5. The molecule has 11 heteroatoms. The normalized spacial score (nSPS) is 12.5. The summed E-state index contributed by atoms with van der Waals surface area (Å²) < 4.78 is 45.7. The van der Waals surface area contributed by atoms with Gasteiger partial charge in [0.2, 0.25) is 11.7 Å². The molecule has 2 aromatic heterocycles. The lowest BCUT2D eigenvalue weighted by Gasteiger charge is -2.16. The molecule has 0 aliphatic heterocycles. The summed E-state index contributed by atoms with van der Waals surface area (Å²) in [5, 5.41) is 22.1. The number of carboxylic acid groups (broad SMARTS) is 1. The van der Waals surface area contributed by atoms with Gasteiger partial charge in [-0.3, -0.25) is 9.78 Å². The number of pyridine rings is 1. The van der Waals surface area contributed by atoms with Crippen molar-refractivity contribution >= 4 is 22.8 Å². The number of amides is 1. The van der Waals surface area contributed by atoms with E-state index in [9.17, 15) is 33.0 Å². The Labute approximate surface area is 202 Å². The first kappa shape index (κ1) is 24.9. The number of fused-ring (bicyclic) bond motifs is 1. The number of alkyl halides is 3. The largest absolute Gasteiger partial charge is 0.480 e. The number of para-hydroxylation sites is 1. The van der Waals surface area contributed by atoms with Gasteiger partial charge in [-0.05, 0) is 36.2 Å². The van der Waals surface area contributed by atoms with Gasteiger partial charge >= 0.3 is 12.1 Å². The van der Waals surface area contributed by atoms with Crippen molar-refractivity contribution in [2.24, 2.45) is 0 Å². The van der Waals surface area contributed by atoms with Gasteiger partial charge in [-0.25, -0.2) is 9.78 Å². The van der Waals surface area contributed by atoms with Gasteiger partial charge in [0, 0.05) is 23.1 Å². The standard InChI is InChI=1S/C25H20F3N3O5/c1-13-10-16(12-32)17-9-5-8-15(19(17)29-13)11-18(24(34)35)30-22(33)20-21(25(26,27)28)36-23(31-20)14-6-3-2-4-7-14/h2-10,18,32H,11-12H2,1H3,(H,30,33)(H,34,35)/t18-/m0/s1. The van der Waals surface area contributed by atoms with Gasteiger partial charge in [0.25, 0.3) is 5.91 Å². The number of hydrogen-bond acceptors (Lipinski definition) is 6. The number of carboxylic acids is 1. The monoisotopic (exact) mass is 499 g/mol. The van der Waals surface area contributed by atoms with Crippen molar-refractivity contribution < 1.29 is 37.4 Å². The first-order chi connectivity index (χ1) is 17.1. The third-order valence-electron chi connectivity index (χ3n) is 5.46. The van der Waals surface area contributed by atoms with Crippen molar-refractivity contribution in [1.82, 2.24) is 15.3 Å². The second-order valence-electron chi connectivity index (χ2n) is 8.02. The van der Waals surface area contributed by atoms with Crippen molar-refractivity contribution in [2.45, 2.75) is 32.2 Å². The topological polar surface area (TPSA) is 126 Å². The van der Waals surface area contributed by atoms with E-state index in [0.717, 1.165) is 0 Å². The predicted octanol–water partition coefficient (Wildman–Crippen LogP) is 4.14. The van der Waals surface area contributed by atoms with Gasteiger partial charge in [-0.15, -0.1) is 0 Å². The fourth-order valence-electron chi connectivity index (χ4n) is 3.83. The van der Waals surface area contributed by atoms with Crippen LogP contribution in [0.5, 0.6) is 0 Å². The predicted molar refractivity (Wildman–Crippen MR) is 122 cm³/mol. The molecule has 186 valence electrons. The van der Waals surface area contributed by atoms with Crippen molar-refractivity contribution in [3.05, 3.63) is 82.9 Å². The summed E-state index contributed by atoms with van der Waals surface area (Å²) in [5.74, 6) is -4.86. The minimum absolute atomic E-state index is 0.216. The lowest BCUT2D eigenvalue weighted by atomic mass is 9.99. The number of aliphatic hydroxyl groups is 1. The van der Waals surface area contributed by atoms with Gasteiger partial charge < -0.3 is 19.9 Å². The first-order valence-corrected chi connectivity index (χ1v) is 10.7. The van der Waals surface area contributed by atoms with Crippen molar-refractivity contribution in [1.29, 1.82) is 0 Å². The molecule has 3 N–H and O–H groups in total. The number of aryl methyl sites for hydroxylation is 1. The molecule has 0 fully saturated rings. The highest BCUT2D eigenvalue weighted by atomic mass is 19.4. The molecule has 0 bridgehead atoms. The average molecular weight is 499 g/mol. The number of carbonyl (C=O) groups excluding carboxylic acids is 1. The molecule has 0 radical (unpaired) electrons. The first-order valence-electron chi connectivity index (χ1n) is 10.7. The highest BCUT2D eigenvalue weighted by molar-refractivity contribution is 5.96. The lowest BCUT2D eigenvalue weighted by molar-refractivity contribution is -0.153. The van der Waals surface area contributed by atoms with Crippen LogP contribution in [0.1, 0.15) is 33.1 Å². The summed E-state index contributed by atoms with van der Waals surface area (Å²) in [6.45, 7) is 1.44. The highest BCUT2D eigenvalue weighted by Gasteiger charge is 2.42. The van der Waals surface area contributed by atoms with Crippen LogP contribution in [0.25, 0.3) is 22.4 Å². The number of benzene rings is 2. The van der Waals surface area contributed by atoms with Crippen LogP contribution < -0.4 is 5.32 Å². The minimum Gasteiger partial charge on any atom is -0.480 e. The lowest BCUT2D eigenvalue weighted by Crippen LogP contribution is -2.43. The average Bonchev–Trinajstić information content (AvgIpc) is 3.30. The molecule has 1 atom stereocenters. The van der Waals surface area contributed by atoms with E-state index >= 15 is 0 Å².